The summed E-state index contributed by atoms with van der Waals surface area (Å²) in [5.74, 6) is 1.23. The Morgan fingerprint density at radius 3 is 2.58 bits per heavy atom. The lowest BCUT2D eigenvalue weighted by Gasteiger charge is -2.58. The predicted octanol–water partition coefficient (Wildman–Crippen LogP) is 4.15. The number of carbonyl (C=O) groups excluding carboxylic acids is 1. The lowest BCUT2D eigenvalue weighted by atomic mass is 9.47. The average molecular weight is 360 g/mol. The van der Waals surface area contributed by atoms with Crippen LogP contribution in [0.25, 0.3) is 0 Å². The molecule has 4 nitrogen and oxygen atoms in total. The Morgan fingerprint density at radius 2 is 1.88 bits per heavy atom. The van der Waals surface area contributed by atoms with Gasteiger partial charge in [0.25, 0.3) is 0 Å². The van der Waals surface area contributed by atoms with Gasteiger partial charge in [-0.1, -0.05) is 25.5 Å². The van der Waals surface area contributed by atoms with Crippen molar-refractivity contribution in [3.05, 3.63) is 11.6 Å². The van der Waals surface area contributed by atoms with Gasteiger partial charge in [-0.05, 0) is 80.0 Å². The van der Waals surface area contributed by atoms with Crippen molar-refractivity contribution in [1.29, 1.82) is 0 Å². The van der Waals surface area contributed by atoms with Crippen LogP contribution in [0.2, 0.25) is 0 Å². The summed E-state index contributed by atoms with van der Waals surface area (Å²) in [5.41, 5.74) is 1.79. The number of carbonyl (C=O) groups is 2. The zero-order valence-electron chi connectivity index (χ0n) is 16.4. The molecule has 7 unspecified atom stereocenters. The maximum absolute atomic E-state index is 11.8. The number of rotatable bonds is 2. The molecule has 0 aromatic rings. The van der Waals surface area contributed by atoms with E-state index in [2.05, 4.69) is 25.2 Å². The normalized spacial score (nSPS) is 47.2. The van der Waals surface area contributed by atoms with Crippen LogP contribution in [0.1, 0.15) is 72.1 Å². The number of allylic oxidation sites excluding steroid dienone is 1. The summed E-state index contributed by atoms with van der Waals surface area (Å²) in [4.78, 5) is 23.2. The molecule has 1 amide bonds. The van der Waals surface area contributed by atoms with Crippen LogP contribution in [0.15, 0.2) is 11.6 Å². The molecule has 3 fully saturated rings. The first-order chi connectivity index (χ1) is 12.3. The van der Waals surface area contributed by atoms with Crippen LogP contribution in [0, 0.1) is 34.5 Å². The summed E-state index contributed by atoms with van der Waals surface area (Å²) < 4.78 is 0. The molecule has 4 aliphatic rings. The predicted molar refractivity (Wildman–Crippen MR) is 100 cm³/mol. The summed E-state index contributed by atoms with van der Waals surface area (Å²) >= 11 is 0. The first kappa shape index (κ1) is 18.1. The van der Waals surface area contributed by atoms with Crippen molar-refractivity contribution < 1.29 is 14.7 Å². The van der Waals surface area contributed by atoms with Gasteiger partial charge >= 0.3 is 5.97 Å². The van der Waals surface area contributed by atoms with Crippen LogP contribution in [-0.4, -0.2) is 23.0 Å². The molecule has 0 heterocycles. The van der Waals surface area contributed by atoms with Crippen molar-refractivity contribution in [2.24, 2.45) is 34.5 Å². The molecule has 0 aromatic heterocycles. The molecule has 144 valence electrons. The van der Waals surface area contributed by atoms with Gasteiger partial charge in [-0.25, -0.2) is 0 Å². The van der Waals surface area contributed by atoms with Gasteiger partial charge in [-0.3, -0.25) is 9.59 Å². The summed E-state index contributed by atoms with van der Waals surface area (Å²) in [6.45, 7) is 6.32. The molecule has 0 spiro atoms. The fraction of sp³-hybridized carbons (Fsp3) is 0.818. The largest absolute Gasteiger partial charge is 0.481 e. The molecule has 0 aromatic carbocycles. The Bertz CT molecular complexity index is 656. The molecule has 2 N–H and O–H groups in total. The Hall–Kier alpha value is -1.32. The fourth-order valence-electron chi connectivity index (χ4n) is 7.48. The van der Waals surface area contributed by atoms with Crippen molar-refractivity contribution in [1.82, 2.24) is 5.32 Å². The number of carboxylic acid groups (broad SMARTS) is 1. The van der Waals surface area contributed by atoms with E-state index in [1.54, 1.807) is 12.5 Å². The highest BCUT2D eigenvalue weighted by atomic mass is 16.4. The van der Waals surface area contributed by atoms with E-state index in [9.17, 15) is 14.7 Å². The third kappa shape index (κ3) is 2.55. The van der Waals surface area contributed by atoms with Crippen LogP contribution < -0.4 is 5.32 Å². The number of fused-ring (bicyclic) bond motifs is 5. The van der Waals surface area contributed by atoms with Crippen LogP contribution in [0.5, 0.6) is 0 Å². The SMILES string of the molecule is CC(=O)NC1CCC2(C)C(=CCC3C2CCC2(C)C(C(=O)O)CCC32)C1. The van der Waals surface area contributed by atoms with E-state index in [1.807, 2.05) is 0 Å². The lowest BCUT2D eigenvalue weighted by Crippen LogP contribution is -2.52. The quantitative estimate of drug-likeness (QED) is 0.728. The van der Waals surface area contributed by atoms with E-state index in [0.29, 0.717) is 23.8 Å². The molecule has 0 saturated heterocycles. The van der Waals surface area contributed by atoms with Gasteiger partial charge < -0.3 is 10.4 Å². The number of amides is 1. The van der Waals surface area contributed by atoms with Crippen molar-refractivity contribution in [2.75, 3.05) is 0 Å². The maximum Gasteiger partial charge on any atom is 0.307 e. The maximum atomic E-state index is 11.8. The number of aliphatic carboxylic acids is 1. The second-order valence-corrected chi connectivity index (χ2v) is 9.91. The van der Waals surface area contributed by atoms with Crippen LogP contribution in [0.3, 0.4) is 0 Å². The third-order valence-corrected chi connectivity index (χ3v) is 8.81. The summed E-state index contributed by atoms with van der Waals surface area (Å²) in [6.07, 6.45) is 11.0. The standard InChI is InChI=1S/C22H33NO3/c1-13(24)23-15-8-10-21(2)14(12-15)4-5-16-17-6-7-19(20(25)26)22(17,3)11-9-18(16)21/h4,15-19H,5-12H2,1-3H3,(H,23,24)(H,25,26). The van der Waals surface area contributed by atoms with Crippen molar-refractivity contribution in [3.63, 3.8) is 0 Å². The third-order valence-electron chi connectivity index (χ3n) is 8.81. The smallest absolute Gasteiger partial charge is 0.307 e. The first-order valence-corrected chi connectivity index (χ1v) is 10.4. The Labute approximate surface area is 156 Å². The molecule has 26 heavy (non-hydrogen) atoms. The van der Waals surface area contributed by atoms with Gasteiger partial charge in [0.2, 0.25) is 5.91 Å². The molecule has 0 radical (unpaired) electrons. The van der Waals surface area contributed by atoms with E-state index in [-0.39, 0.29) is 22.7 Å². The number of hydrogen-bond donors (Lipinski definition) is 2. The van der Waals surface area contributed by atoms with Gasteiger partial charge in [-0.15, -0.1) is 0 Å². The minimum Gasteiger partial charge on any atom is -0.481 e. The lowest BCUT2D eigenvalue weighted by molar-refractivity contribution is -0.148. The highest BCUT2D eigenvalue weighted by molar-refractivity contribution is 5.73. The first-order valence-electron chi connectivity index (χ1n) is 10.4. The fourth-order valence-corrected chi connectivity index (χ4v) is 7.48. The number of nitrogens with one attached hydrogen (secondary N) is 1. The Balaban J connectivity index is 1.59. The van der Waals surface area contributed by atoms with E-state index in [0.717, 1.165) is 44.9 Å². The molecule has 3 saturated carbocycles. The van der Waals surface area contributed by atoms with Gasteiger partial charge in [0.15, 0.2) is 0 Å². The summed E-state index contributed by atoms with van der Waals surface area (Å²) in [6, 6.07) is 0.292. The zero-order valence-corrected chi connectivity index (χ0v) is 16.4. The number of carboxylic acids is 1. The van der Waals surface area contributed by atoms with E-state index < -0.39 is 5.97 Å². The summed E-state index contributed by atoms with van der Waals surface area (Å²) in [7, 11) is 0. The molecular weight excluding hydrogens is 326 g/mol. The second kappa shape index (κ2) is 6.10. The van der Waals surface area contributed by atoms with Crippen molar-refractivity contribution in [2.45, 2.75) is 78.2 Å². The van der Waals surface area contributed by atoms with E-state index in [4.69, 9.17) is 0 Å². The summed E-state index contributed by atoms with van der Waals surface area (Å²) in [5, 5.41) is 12.8. The number of hydrogen-bond acceptors (Lipinski definition) is 2. The van der Waals surface area contributed by atoms with Crippen molar-refractivity contribution >= 4 is 11.9 Å². The highest BCUT2D eigenvalue weighted by Crippen LogP contribution is 2.66. The van der Waals surface area contributed by atoms with E-state index >= 15 is 0 Å². The van der Waals surface area contributed by atoms with Gasteiger partial charge in [0.05, 0.1) is 5.92 Å². The van der Waals surface area contributed by atoms with Crippen molar-refractivity contribution in [3.8, 4) is 0 Å². The molecular formula is C22H33NO3. The van der Waals surface area contributed by atoms with Crippen LogP contribution in [-0.2, 0) is 9.59 Å². The highest BCUT2D eigenvalue weighted by Gasteiger charge is 2.60. The molecule has 7 atom stereocenters. The van der Waals surface area contributed by atoms with E-state index in [1.165, 1.54) is 6.42 Å². The van der Waals surface area contributed by atoms with Gasteiger partial charge in [0, 0.05) is 13.0 Å². The molecule has 4 aliphatic carbocycles. The zero-order chi connectivity index (χ0) is 18.7. The van der Waals surface area contributed by atoms with Gasteiger partial charge in [0.1, 0.15) is 0 Å². The molecule has 0 bridgehead atoms. The van der Waals surface area contributed by atoms with Crippen LogP contribution in [0.4, 0.5) is 0 Å². The van der Waals surface area contributed by atoms with Crippen LogP contribution >= 0.6 is 0 Å². The average Bonchev–Trinajstić information content (AvgIpc) is 2.92. The monoisotopic (exact) mass is 359 g/mol. The Morgan fingerprint density at radius 1 is 1.12 bits per heavy atom. The second-order valence-electron chi connectivity index (χ2n) is 9.91. The molecule has 0 aliphatic heterocycles. The Kier molecular flexibility index (Phi) is 4.24. The molecule has 4 heteroatoms. The minimum atomic E-state index is -0.581. The topological polar surface area (TPSA) is 66.4 Å². The molecule has 4 rings (SSSR count). The van der Waals surface area contributed by atoms with Gasteiger partial charge in [-0.2, -0.15) is 0 Å². The minimum absolute atomic E-state index is 0.0118.